The van der Waals surface area contributed by atoms with Crippen molar-refractivity contribution in [2.75, 3.05) is 0 Å². The van der Waals surface area contributed by atoms with Gasteiger partial charge in [0.15, 0.2) is 0 Å². The summed E-state index contributed by atoms with van der Waals surface area (Å²) >= 11 is 0. The second-order valence-electron chi connectivity index (χ2n) is 6.27. The Morgan fingerprint density at radius 2 is 1.71 bits per heavy atom. The molecule has 120 valence electrons. The van der Waals surface area contributed by atoms with Gasteiger partial charge >= 0.3 is 0 Å². The fourth-order valence-electron chi connectivity index (χ4n) is 3.56. The van der Waals surface area contributed by atoms with Gasteiger partial charge in [0.2, 0.25) is 0 Å². The number of carbonyl (C=O) groups is 1. The molecule has 4 rings (SSSR count). The lowest BCUT2D eigenvalue weighted by molar-refractivity contribution is -0.123. The average Bonchev–Trinajstić information content (AvgIpc) is 2.92. The molecule has 0 fully saturated rings. The van der Waals surface area contributed by atoms with Crippen molar-refractivity contribution < 1.29 is 9.18 Å². The molecule has 0 N–H and O–H groups in total. The summed E-state index contributed by atoms with van der Waals surface area (Å²) in [6.45, 7) is 0.569. The fourth-order valence-corrected chi connectivity index (χ4v) is 3.56. The highest BCUT2D eigenvalue weighted by Crippen LogP contribution is 2.41. The maximum atomic E-state index is 13.3. The van der Waals surface area contributed by atoms with E-state index in [-0.39, 0.29) is 11.7 Å². The van der Waals surface area contributed by atoms with Crippen molar-refractivity contribution in [3.05, 3.63) is 88.9 Å². The molecule has 2 aromatic carbocycles. The number of nitrogens with zero attached hydrogens (tertiary/aromatic N) is 1. The summed E-state index contributed by atoms with van der Waals surface area (Å²) in [5, 5.41) is 0. The van der Waals surface area contributed by atoms with Crippen LogP contribution < -0.4 is 0 Å². The average molecular weight is 319 g/mol. The molecule has 24 heavy (non-hydrogen) atoms. The summed E-state index contributed by atoms with van der Waals surface area (Å²) in [6.07, 6.45) is 4.63. The molecule has 1 aliphatic heterocycles. The van der Waals surface area contributed by atoms with E-state index in [1.165, 1.54) is 12.1 Å². The SMILES string of the molecule is O=C1C=C2CCCC(c3ccc(F)cc3)=C2N1Cc1ccccc1. The van der Waals surface area contributed by atoms with Gasteiger partial charge in [0.1, 0.15) is 5.82 Å². The van der Waals surface area contributed by atoms with Crippen LogP contribution in [0.25, 0.3) is 5.57 Å². The first-order valence-corrected chi connectivity index (χ1v) is 8.28. The quantitative estimate of drug-likeness (QED) is 0.804. The van der Waals surface area contributed by atoms with Crippen molar-refractivity contribution in [3.63, 3.8) is 0 Å². The molecule has 2 nitrogen and oxygen atoms in total. The molecule has 3 heteroatoms. The lowest BCUT2D eigenvalue weighted by Gasteiger charge is -2.27. The minimum atomic E-state index is -0.237. The lowest BCUT2D eigenvalue weighted by atomic mass is 9.88. The van der Waals surface area contributed by atoms with Crippen molar-refractivity contribution in [1.29, 1.82) is 0 Å². The summed E-state index contributed by atoms with van der Waals surface area (Å²) in [4.78, 5) is 14.4. The van der Waals surface area contributed by atoms with E-state index in [9.17, 15) is 9.18 Å². The van der Waals surface area contributed by atoms with Crippen LogP contribution in [0, 0.1) is 5.82 Å². The standard InChI is InChI=1S/C21H18FNO/c22-18-11-9-16(10-12-18)19-8-4-7-17-13-20(24)23(21(17)19)14-15-5-2-1-3-6-15/h1-3,5-6,9-13H,4,7-8,14H2. The summed E-state index contributed by atoms with van der Waals surface area (Å²) in [5.74, 6) is -0.190. The third kappa shape index (κ3) is 2.67. The first-order chi connectivity index (χ1) is 11.7. The second kappa shape index (κ2) is 6.08. The Balaban J connectivity index is 1.77. The van der Waals surface area contributed by atoms with Gasteiger partial charge in [-0.25, -0.2) is 4.39 Å². The summed E-state index contributed by atoms with van der Waals surface area (Å²) < 4.78 is 13.3. The number of amides is 1. The number of benzene rings is 2. The number of halogens is 1. The Morgan fingerprint density at radius 3 is 2.46 bits per heavy atom. The fraction of sp³-hybridized carbons (Fsp3) is 0.190. The zero-order valence-corrected chi connectivity index (χ0v) is 13.3. The number of allylic oxidation sites excluding steroid dienone is 2. The molecule has 0 saturated carbocycles. The maximum absolute atomic E-state index is 13.3. The lowest BCUT2D eigenvalue weighted by Crippen LogP contribution is -2.25. The summed E-state index contributed by atoms with van der Waals surface area (Å²) in [7, 11) is 0. The van der Waals surface area contributed by atoms with Crippen molar-refractivity contribution >= 4 is 11.5 Å². The Kier molecular flexibility index (Phi) is 3.77. The zero-order chi connectivity index (χ0) is 16.5. The number of hydrogen-bond donors (Lipinski definition) is 0. The van der Waals surface area contributed by atoms with Gasteiger partial charge in [-0.2, -0.15) is 0 Å². The van der Waals surface area contributed by atoms with Crippen LogP contribution >= 0.6 is 0 Å². The highest BCUT2D eigenvalue weighted by atomic mass is 19.1. The minimum Gasteiger partial charge on any atom is -0.304 e. The predicted molar refractivity (Wildman–Crippen MR) is 92.2 cm³/mol. The van der Waals surface area contributed by atoms with Gasteiger partial charge in [-0.1, -0.05) is 42.5 Å². The van der Waals surface area contributed by atoms with E-state index in [4.69, 9.17) is 0 Å². The largest absolute Gasteiger partial charge is 0.304 e. The predicted octanol–water partition coefficient (Wildman–Crippen LogP) is 4.69. The van der Waals surface area contributed by atoms with Gasteiger partial charge in [0, 0.05) is 6.08 Å². The van der Waals surface area contributed by atoms with Crippen LogP contribution in [0.15, 0.2) is 71.9 Å². The molecule has 2 aliphatic rings. The maximum Gasteiger partial charge on any atom is 0.251 e. The number of carbonyl (C=O) groups excluding carboxylic acids is 1. The van der Waals surface area contributed by atoms with E-state index in [1.54, 1.807) is 6.08 Å². The topological polar surface area (TPSA) is 20.3 Å². The smallest absolute Gasteiger partial charge is 0.251 e. The van der Waals surface area contributed by atoms with Gasteiger partial charge in [-0.05, 0) is 53.7 Å². The van der Waals surface area contributed by atoms with E-state index in [0.717, 1.165) is 47.2 Å². The molecule has 1 amide bonds. The molecular weight excluding hydrogens is 301 g/mol. The molecule has 1 aliphatic carbocycles. The first kappa shape index (κ1) is 14.9. The summed E-state index contributed by atoms with van der Waals surface area (Å²) in [6, 6.07) is 16.6. The van der Waals surface area contributed by atoms with Gasteiger partial charge in [0.25, 0.3) is 5.91 Å². The normalized spacial score (nSPS) is 17.1. The monoisotopic (exact) mass is 319 g/mol. The minimum absolute atomic E-state index is 0.0466. The van der Waals surface area contributed by atoms with E-state index >= 15 is 0 Å². The van der Waals surface area contributed by atoms with E-state index in [1.807, 2.05) is 47.4 Å². The van der Waals surface area contributed by atoms with E-state index in [2.05, 4.69) is 0 Å². The molecule has 0 bridgehead atoms. The van der Waals surface area contributed by atoms with Crippen molar-refractivity contribution in [2.24, 2.45) is 0 Å². The van der Waals surface area contributed by atoms with Crippen molar-refractivity contribution in [2.45, 2.75) is 25.8 Å². The van der Waals surface area contributed by atoms with Crippen LogP contribution in [0.4, 0.5) is 4.39 Å². The van der Waals surface area contributed by atoms with Crippen LogP contribution in [0.2, 0.25) is 0 Å². The van der Waals surface area contributed by atoms with Gasteiger partial charge in [-0.3, -0.25) is 4.79 Å². The molecule has 0 saturated heterocycles. The molecule has 0 atom stereocenters. The number of hydrogen-bond acceptors (Lipinski definition) is 1. The Hall–Kier alpha value is -2.68. The third-order valence-corrected chi connectivity index (χ3v) is 4.67. The van der Waals surface area contributed by atoms with E-state index < -0.39 is 0 Å². The Bertz CT molecular complexity index is 834. The molecule has 0 radical (unpaired) electrons. The highest BCUT2D eigenvalue weighted by molar-refractivity contribution is 5.98. The molecule has 1 heterocycles. The van der Waals surface area contributed by atoms with Crippen LogP contribution in [0.5, 0.6) is 0 Å². The van der Waals surface area contributed by atoms with Gasteiger partial charge in [-0.15, -0.1) is 0 Å². The zero-order valence-electron chi connectivity index (χ0n) is 13.3. The number of rotatable bonds is 3. The number of fused-ring (bicyclic) bond motifs is 1. The highest BCUT2D eigenvalue weighted by Gasteiger charge is 2.32. The van der Waals surface area contributed by atoms with E-state index in [0.29, 0.717) is 6.54 Å². The molecule has 2 aromatic rings. The van der Waals surface area contributed by atoms with Gasteiger partial charge < -0.3 is 4.90 Å². The van der Waals surface area contributed by atoms with Crippen LogP contribution in [0.1, 0.15) is 30.4 Å². The summed E-state index contributed by atoms with van der Waals surface area (Å²) in [5.41, 5.74) is 5.40. The van der Waals surface area contributed by atoms with Gasteiger partial charge in [0.05, 0.1) is 12.2 Å². The van der Waals surface area contributed by atoms with Crippen LogP contribution in [0.3, 0.4) is 0 Å². The van der Waals surface area contributed by atoms with Crippen molar-refractivity contribution in [3.8, 4) is 0 Å². The van der Waals surface area contributed by atoms with Crippen molar-refractivity contribution in [1.82, 2.24) is 4.90 Å². The second-order valence-corrected chi connectivity index (χ2v) is 6.27. The van der Waals surface area contributed by atoms with Crippen LogP contribution in [-0.4, -0.2) is 10.8 Å². The Labute approximate surface area is 140 Å². The third-order valence-electron chi connectivity index (χ3n) is 4.67. The first-order valence-electron chi connectivity index (χ1n) is 8.28. The molecule has 0 aromatic heterocycles. The van der Waals surface area contributed by atoms with Crippen LogP contribution in [-0.2, 0) is 11.3 Å². The Morgan fingerprint density at radius 1 is 0.958 bits per heavy atom. The molecule has 0 unspecified atom stereocenters. The molecule has 0 spiro atoms. The molecular formula is C21H18FNO.